The summed E-state index contributed by atoms with van der Waals surface area (Å²) in [6.07, 6.45) is 7.57. The predicted octanol–water partition coefficient (Wildman–Crippen LogP) is 3.34. The van der Waals surface area contributed by atoms with Gasteiger partial charge in [0.15, 0.2) is 0 Å². The molecule has 0 aromatic heterocycles. The molecular formula is C24H24BNO4. The van der Waals surface area contributed by atoms with Crippen LogP contribution in [0.3, 0.4) is 0 Å². The molecule has 30 heavy (non-hydrogen) atoms. The van der Waals surface area contributed by atoms with E-state index in [1.54, 1.807) is 24.3 Å². The highest BCUT2D eigenvalue weighted by Gasteiger charge is 2.28. The van der Waals surface area contributed by atoms with Crippen LogP contribution in [-0.4, -0.2) is 26.3 Å². The van der Waals surface area contributed by atoms with Crippen molar-refractivity contribution < 1.29 is 19.1 Å². The molecule has 0 unspecified atom stereocenters. The fourth-order valence-corrected chi connectivity index (χ4v) is 3.09. The van der Waals surface area contributed by atoms with E-state index in [9.17, 15) is 9.59 Å². The van der Waals surface area contributed by atoms with Crippen LogP contribution in [0.1, 0.15) is 41.4 Å². The Morgan fingerprint density at radius 3 is 2.67 bits per heavy atom. The Bertz CT molecular complexity index is 1050. The van der Waals surface area contributed by atoms with E-state index in [0.717, 1.165) is 22.2 Å². The first-order chi connectivity index (χ1) is 14.4. The molecule has 0 saturated carbocycles. The van der Waals surface area contributed by atoms with Crippen molar-refractivity contribution in [2.75, 3.05) is 11.9 Å². The number of amides is 1. The maximum atomic E-state index is 13.1. The largest absolute Gasteiger partial charge is 0.426 e. The van der Waals surface area contributed by atoms with Gasteiger partial charge < -0.3 is 14.8 Å². The first kappa shape index (κ1) is 21.3. The van der Waals surface area contributed by atoms with Crippen LogP contribution in [0.5, 0.6) is 5.75 Å². The van der Waals surface area contributed by atoms with Crippen LogP contribution in [0.4, 0.5) is 5.69 Å². The minimum Gasteiger partial charge on any atom is -0.426 e. The predicted molar refractivity (Wildman–Crippen MR) is 122 cm³/mol. The minimum absolute atomic E-state index is 0.0357. The molecule has 1 saturated heterocycles. The number of esters is 1. The normalized spacial score (nSPS) is 15.7. The van der Waals surface area contributed by atoms with E-state index in [-0.39, 0.29) is 17.8 Å². The van der Waals surface area contributed by atoms with Crippen molar-refractivity contribution in [3.8, 4) is 5.75 Å². The molecule has 1 N–H and O–H groups in total. The van der Waals surface area contributed by atoms with Crippen molar-refractivity contribution in [2.45, 2.75) is 20.0 Å². The van der Waals surface area contributed by atoms with Gasteiger partial charge in [0.1, 0.15) is 19.7 Å². The highest BCUT2D eigenvalue weighted by molar-refractivity contribution is 6.33. The number of benzene rings is 2. The lowest BCUT2D eigenvalue weighted by molar-refractivity contribution is -0.131. The Morgan fingerprint density at radius 2 is 2.03 bits per heavy atom. The third-order valence-corrected chi connectivity index (χ3v) is 4.64. The van der Waals surface area contributed by atoms with E-state index >= 15 is 0 Å². The molecule has 3 rings (SSSR count). The van der Waals surface area contributed by atoms with Gasteiger partial charge in [-0.3, -0.25) is 9.59 Å². The van der Waals surface area contributed by atoms with Gasteiger partial charge in [0.25, 0.3) is 5.91 Å². The van der Waals surface area contributed by atoms with E-state index < -0.39 is 5.97 Å². The van der Waals surface area contributed by atoms with Gasteiger partial charge in [-0.1, -0.05) is 60.6 Å². The standard InChI is InChI=1S/C24H24BNO4/c1-4-6-7-16(5-2)17-8-10-19(23-14-29-23)21(12-17)26-24(28)20-13-18(25)9-11-22(20)30-15(3)27/h4-13,23H,2,14,25H2,1,3H3,(H,26,28)/b6-4-,16-7+/t23-/m1/s1. The average molecular weight is 401 g/mol. The summed E-state index contributed by atoms with van der Waals surface area (Å²) in [7, 11) is 1.88. The number of epoxide rings is 1. The number of hydrogen-bond donors (Lipinski definition) is 1. The van der Waals surface area contributed by atoms with Crippen LogP contribution < -0.4 is 15.5 Å². The van der Waals surface area contributed by atoms with Crippen LogP contribution in [0.25, 0.3) is 5.57 Å². The molecule has 0 aliphatic carbocycles. The fraction of sp³-hybridized carbons (Fsp3) is 0.167. The lowest BCUT2D eigenvalue weighted by Gasteiger charge is -2.14. The van der Waals surface area contributed by atoms with Crippen LogP contribution in [-0.2, 0) is 9.53 Å². The topological polar surface area (TPSA) is 67.9 Å². The summed E-state index contributed by atoms with van der Waals surface area (Å²) in [4.78, 5) is 24.5. The summed E-state index contributed by atoms with van der Waals surface area (Å²) in [5.74, 6) is -0.607. The second-order valence-electron chi connectivity index (χ2n) is 7.02. The van der Waals surface area contributed by atoms with E-state index in [0.29, 0.717) is 17.9 Å². The minimum atomic E-state index is -0.480. The third kappa shape index (κ3) is 5.16. The molecule has 1 atom stereocenters. The second-order valence-corrected chi connectivity index (χ2v) is 7.02. The first-order valence-electron chi connectivity index (χ1n) is 9.74. The number of anilines is 1. The molecule has 5 nitrogen and oxygen atoms in total. The lowest BCUT2D eigenvalue weighted by atomic mass is 9.93. The Morgan fingerprint density at radius 1 is 1.27 bits per heavy atom. The van der Waals surface area contributed by atoms with Gasteiger partial charge in [-0.15, -0.1) is 0 Å². The Balaban J connectivity index is 1.98. The smallest absolute Gasteiger partial charge is 0.308 e. The molecule has 1 aliphatic rings. The number of hydrogen-bond acceptors (Lipinski definition) is 4. The maximum Gasteiger partial charge on any atom is 0.308 e. The summed E-state index contributed by atoms with van der Waals surface area (Å²) in [5, 5.41) is 2.97. The zero-order valence-electron chi connectivity index (χ0n) is 17.4. The van der Waals surface area contributed by atoms with Gasteiger partial charge in [0.2, 0.25) is 0 Å². The molecule has 1 fully saturated rings. The van der Waals surface area contributed by atoms with Crippen LogP contribution >= 0.6 is 0 Å². The second kappa shape index (κ2) is 9.42. The summed E-state index contributed by atoms with van der Waals surface area (Å²) in [5.41, 5.74) is 4.60. The molecule has 152 valence electrons. The fourth-order valence-electron chi connectivity index (χ4n) is 3.09. The zero-order chi connectivity index (χ0) is 21.7. The van der Waals surface area contributed by atoms with Gasteiger partial charge in [-0.2, -0.15) is 0 Å². The molecule has 0 bridgehead atoms. The molecular weight excluding hydrogens is 377 g/mol. The van der Waals surface area contributed by atoms with Gasteiger partial charge in [0, 0.05) is 18.2 Å². The monoisotopic (exact) mass is 401 g/mol. The highest BCUT2D eigenvalue weighted by Crippen LogP contribution is 2.37. The molecule has 0 spiro atoms. The van der Waals surface area contributed by atoms with Gasteiger partial charge in [-0.05, 0) is 30.2 Å². The SMILES string of the molecule is Bc1ccc(OC(C)=O)c(C(=O)Nc2cc(/C(C=C)=C/C=C\C)ccc2[C@H]2CO2)c1. The van der Waals surface area contributed by atoms with Crippen LogP contribution in [0.15, 0.2) is 67.3 Å². The number of carbonyl (C=O) groups excluding carboxylic acids is 2. The zero-order valence-corrected chi connectivity index (χ0v) is 17.4. The summed E-state index contributed by atoms with van der Waals surface area (Å²) in [6, 6.07) is 11.0. The van der Waals surface area contributed by atoms with E-state index in [1.807, 2.05) is 51.2 Å². The Labute approximate surface area is 177 Å². The molecule has 2 aromatic carbocycles. The summed E-state index contributed by atoms with van der Waals surface area (Å²) in [6.45, 7) is 7.75. The third-order valence-electron chi connectivity index (χ3n) is 4.64. The van der Waals surface area contributed by atoms with E-state index in [1.165, 1.54) is 6.92 Å². The van der Waals surface area contributed by atoms with Crippen LogP contribution in [0, 0.1) is 0 Å². The van der Waals surface area contributed by atoms with Crippen molar-refractivity contribution >= 4 is 36.4 Å². The average Bonchev–Trinajstić information content (AvgIpc) is 3.55. The Kier molecular flexibility index (Phi) is 6.70. The van der Waals surface area contributed by atoms with E-state index in [4.69, 9.17) is 9.47 Å². The summed E-state index contributed by atoms with van der Waals surface area (Å²) < 4.78 is 10.7. The number of rotatable bonds is 7. The molecule has 1 aliphatic heterocycles. The molecule has 1 amide bonds. The number of nitrogens with one attached hydrogen (secondary N) is 1. The quantitative estimate of drug-likeness (QED) is 0.254. The van der Waals surface area contributed by atoms with Gasteiger partial charge >= 0.3 is 5.97 Å². The van der Waals surface area contributed by atoms with Gasteiger partial charge in [-0.25, -0.2) is 0 Å². The molecule has 2 aromatic rings. The van der Waals surface area contributed by atoms with Crippen molar-refractivity contribution in [2.24, 2.45) is 0 Å². The lowest BCUT2D eigenvalue weighted by Crippen LogP contribution is -2.18. The number of allylic oxidation sites excluding steroid dienone is 5. The van der Waals surface area contributed by atoms with Crippen molar-refractivity contribution in [1.29, 1.82) is 0 Å². The van der Waals surface area contributed by atoms with Crippen LogP contribution in [0.2, 0.25) is 0 Å². The Hall–Kier alpha value is -3.38. The van der Waals surface area contributed by atoms with Gasteiger partial charge in [0.05, 0.1) is 12.2 Å². The summed E-state index contributed by atoms with van der Waals surface area (Å²) >= 11 is 0. The molecule has 6 heteroatoms. The molecule has 1 heterocycles. The van der Waals surface area contributed by atoms with Crippen molar-refractivity contribution in [3.05, 3.63) is 84.0 Å². The van der Waals surface area contributed by atoms with Crippen molar-refractivity contribution in [3.63, 3.8) is 0 Å². The molecule has 0 radical (unpaired) electrons. The number of carbonyl (C=O) groups is 2. The maximum absolute atomic E-state index is 13.1. The first-order valence-corrected chi connectivity index (χ1v) is 9.74. The number of ether oxygens (including phenoxy) is 2. The highest BCUT2D eigenvalue weighted by atomic mass is 16.6. The van der Waals surface area contributed by atoms with E-state index in [2.05, 4.69) is 11.9 Å². The van der Waals surface area contributed by atoms with Crippen molar-refractivity contribution in [1.82, 2.24) is 0 Å².